The van der Waals surface area contributed by atoms with Gasteiger partial charge in [-0.3, -0.25) is 24.3 Å². The van der Waals surface area contributed by atoms with Crippen LogP contribution < -0.4 is 16.6 Å². The minimum absolute atomic E-state index is 0.236. The summed E-state index contributed by atoms with van der Waals surface area (Å²) in [7, 11) is 0. The van der Waals surface area contributed by atoms with Crippen molar-refractivity contribution in [2.45, 2.75) is 6.42 Å². The third-order valence-corrected chi connectivity index (χ3v) is 9.71. The maximum absolute atomic E-state index is 13.5. The smallest absolute Gasteiger partial charge is 0.292 e. The second-order valence-corrected chi connectivity index (χ2v) is 13.9. The number of carbonyl (C=O) groups excluding carboxylic acids is 2. The SMILES string of the molecule is Ic1ccccc1.O=C1Cc2ccc(-c3ccccc3)cc2C(=O)N1.O=c1c2cc(-c3ccccc3)ccc2n(-c2ccccc2)c(=O)n1-c1ccccc1. The van der Waals surface area contributed by atoms with Crippen molar-refractivity contribution in [2.75, 3.05) is 0 Å². The lowest BCUT2D eigenvalue weighted by Crippen LogP contribution is -2.38. The molecule has 55 heavy (non-hydrogen) atoms. The van der Waals surface area contributed by atoms with Crippen molar-refractivity contribution in [1.82, 2.24) is 14.5 Å². The summed E-state index contributed by atoms with van der Waals surface area (Å²) in [5, 5.41) is 2.83. The molecule has 1 aliphatic heterocycles. The van der Waals surface area contributed by atoms with Gasteiger partial charge in [-0.15, -0.1) is 0 Å². The molecule has 8 aromatic rings. The predicted molar refractivity (Wildman–Crippen MR) is 228 cm³/mol. The standard InChI is InChI=1S/C26H18N2O2.C15H11NO2.C6H5I/c29-25-23-18-20(19-10-4-1-5-11-19)16-17-24(23)27(21-12-6-2-7-13-21)26(30)28(25)22-14-8-3-9-15-22;17-14-9-12-7-6-11(8-13(12)15(18)16-14)10-4-2-1-3-5-10;7-6-4-2-1-3-5-6/h1-18H;1-8H,9H2,(H,16,17,18);1-5H. The lowest BCUT2D eigenvalue weighted by molar-refractivity contribution is -0.119. The minimum atomic E-state index is -0.391. The Labute approximate surface area is 331 Å². The zero-order chi connectivity index (χ0) is 38.1. The number of imide groups is 1. The third kappa shape index (κ3) is 8.45. The summed E-state index contributed by atoms with van der Waals surface area (Å²) in [6.45, 7) is 0. The average Bonchev–Trinajstić information content (AvgIpc) is 3.23. The van der Waals surface area contributed by atoms with Crippen LogP contribution in [0.4, 0.5) is 0 Å². The number of fused-ring (bicyclic) bond motifs is 2. The van der Waals surface area contributed by atoms with Crippen LogP contribution in [0, 0.1) is 3.57 Å². The van der Waals surface area contributed by atoms with Crippen LogP contribution in [-0.2, 0) is 11.2 Å². The summed E-state index contributed by atoms with van der Waals surface area (Å²) < 4.78 is 4.13. The summed E-state index contributed by atoms with van der Waals surface area (Å²) in [5.74, 6) is -0.543. The van der Waals surface area contributed by atoms with Crippen LogP contribution in [0.2, 0.25) is 0 Å². The summed E-state index contributed by atoms with van der Waals surface area (Å²) in [4.78, 5) is 50.0. The summed E-state index contributed by atoms with van der Waals surface area (Å²) in [5.41, 5.74) is 6.50. The zero-order valence-corrected chi connectivity index (χ0v) is 31.7. The second kappa shape index (κ2) is 17.0. The van der Waals surface area contributed by atoms with Gasteiger partial charge in [0.1, 0.15) is 0 Å². The number of aromatic nitrogens is 2. The third-order valence-electron chi connectivity index (χ3n) is 8.99. The first-order chi connectivity index (χ1) is 26.9. The quantitative estimate of drug-likeness (QED) is 0.142. The monoisotopic (exact) mass is 831 g/mol. The van der Waals surface area contributed by atoms with Crippen molar-refractivity contribution in [3.63, 3.8) is 0 Å². The number of hydrogen-bond donors (Lipinski definition) is 1. The summed E-state index contributed by atoms with van der Waals surface area (Å²) in [6.07, 6.45) is 0.274. The fourth-order valence-electron chi connectivity index (χ4n) is 6.33. The molecule has 1 aromatic heterocycles. The van der Waals surface area contributed by atoms with Crippen molar-refractivity contribution in [3.8, 4) is 33.6 Å². The van der Waals surface area contributed by atoms with Gasteiger partial charge in [-0.05, 0) is 105 Å². The molecule has 2 heterocycles. The van der Waals surface area contributed by atoms with Crippen LogP contribution in [0.25, 0.3) is 44.5 Å². The Morgan fingerprint density at radius 3 is 1.47 bits per heavy atom. The van der Waals surface area contributed by atoms with Crippen LogP contribution in [0.1, 0.15) is 15.9 Å². The molecule has 0 saturated heterocycles. The van der Waals surface area contributed by atoms with Gasteiger partial charge in [-0.1, -0.05) is 133 Å². The van der Waals surface area contributed by atoms with Gasteiger partial charge < -0.3 is 0 Å². The molecule has 8 heteroatoms. The van der Waals surface area contributed by atoms with E-state index in [1.54, 1.807) is 16.7 Å². The van der Waals surface area contributed by atoms with Gasteiger partial charge >= 0.3 is 5.69 Å². The van der Waals surface area contributed by atoms with Crippen LogP contribution in [0.5, 0.6) is 0 Å². The molecular formula is C47H34IN3O4. The summed E-state index contributed by atoms with van der Waals surface area (Å²) in [6, 6.07) is 59.7. The number of benzene rings is 7. The molecule has 7 aromatic carbocycles. The highest BCUT2D eigenvalue weighted by Gasteiger charge is 2.22. The predicted octanol–water partition coefficient (Wildman–Crippen LogP) is 9.27. The van der Waals surface area contributed by atoms with Crippen molar-refractivity contribution >= 4 is 45.3 Å². The van der Waals surface area contributed by atoms with E-state index in [1.807, 2.05) is 164 Å². The highest BCUT2D eigenvalue weighted by molar-refractivity contribution is 14.1. The molecule has 0 fully saturated rings. The van der Waals surface area contributed by atoms with Gasteiger partial charge in [0.2, 0.25) is 5.91 Å². The number of halogens is 1. The molecule has 0 saturated carbocycles. The molecule has 0 atom stereocenters. The van der Waals surface area contributed by atoms with E-state index in [2.05, 4.69) is 40.0 Å². The Bertz CT molecular complexity index is 2720. The Hall–Kier alpha value is -6.65. The Balaban J connectivity index is 0.000000156. The lowest BCUT2D eigenvalue weighted by atomic mass is 9.95. The molecular weight excluding hydrogens is 797 g/mol. The van der Waals surface area contributed by atoms with Gasteiger partial charge in [0.15, 0.2) is 0 Å². The number of nitrogens with one attached hydrogen (secondary N) is 1. The topological polar surface area (TPSA) is 90.2 Å². The number of amides is 2. The van der Waals surface area contributed by atoms with E-state index < -0.39 is 5.69 Å². The van der Waals surface area contributed by atoms with Gasteiger partial charge in [0.25, 0.3) is 11.5 Å². The van der Waals surface area contributed by atoms with E-state index in [-0.39, 0.29) is 23.8 Å². The molecule has 9 rings (SSSR count). The van der Waals surface area contributed by atoms with Crippen molar-refractivity contribution < 1.29 is 9.59 Å². The fraction of sp³-hybridized carbons (Fsp3) is 0.0213. The molecule has 1 aliphatic rings. The maximum Gasteiger partial charge on any atom is 0.340 e. The maximum atomic E-state index is 13.5. The average molecular weight is 832 g/mol. The Kier molecular flexibility index (Phi) is 11.3. The van der Waals surface area contributed by atoms with Gasteiger partial charge in [0.05, 0.1) is 28.7 Å². The molecule has 268 valence electrons. The van der Waals surface area contributed by atoms with E-state index in [1.165, 1.54) is 8.14 Å². The van der Waals surface area contributed by atoms with Gasteiger partial charge in [-0.25, -0.2) is 9.36 Å². The number of rotatable bonds is 4. The van der Waals surface area contributed by atoms with E-state index in [0.29, 0.717) is 27.8 Å². The first-order valence-corrected chi connectivity index (χ1v) is 18.7. The molecule has 0 aliphatic carbocycles. The van der Waals surface area contributed by atoms with E-state index in [9.17, 15) is 19.2 Å². The zero-order valence-electron chi connectivity index (χ0n) is 29.5. The Morgan fingerprint density at radius 1 is 0.473 bits per heavy atom. The van der Waals surface area contributed by atoms with Crippen LogP contribution in [0.15, 0.2) is 198 Å². The van der Waals surface area contributed by atoms with E-state index in [0.717, 1.165) is 27.8 Å². The van der Waals surface area contributed by atoms with E-state index >= 15 is 0 Å². The van der Waals surface area contributed by atoms with Gasteiger partial charge in [0, 0.05) is 9.13 Å². The molecule has 0 radical (unpaired) electrons. The molecule has 0 unspecified atom stereocenters. The lowest BCUT2D eigenvalue weighted by Gasteiger charge is -2.16. The van der Waals surface area contributed by atoms with E-state index in [4.69, 9.17) is 0 Å². The normalized spacial score (nSPS) is 11.7. The van der Waals surface area contributed by atoms with Crippen molar-refractivity contribution in [2.24, 2.45) is 0 Å². The van der Waals surface area contributed by atoms with Crippen LogP contribution in [-0.4, -0.2) is 20.9 Å². The molecule has 2 amide bonds. The largest absolute Gasteiger partial charge is 0.340 e. The number of hydrogen-bond acceptors (Lipinski definition) is 4. The highest BCUT2D eigenvalue weighted by Crippen LogP contribution is 2.25. The van der Waals surface area contributed by atoms with Gasteiger partial charge in [-0.2, -0.15) is 0 Å². The van der Waals surface area contributed by atoms with Crippen molar-refractivity contribution in [1.29, 1.82) is 0 Å². The first-order valence-electron chi connectivity index (χ1n) is 17.6. The molecule has 7 nitrogen and oxygen atoms in total. The molecule has 0 spiro atoms. The second-order valence-electron chi connectivity index (χ2n) is 12.6. The van der Waals surface area contributed by atoms with Crippen LogP contribution in [0.3, 0.4) is 0 Å². The summed E-state index contributed by atoms with van der Waals surface area (Å²) >= 11 is 2.28. The molecule has 0 bridgehead atoms. The fourth-order valence-corrected chi connectivity index (χ4v) is 6.75. The van der Waals surface area contributed by atoms with Crippen LogP contribution >= 0.6 is 22.6 Å². The molecule has 1 N–H and O–H groups in total. The highest BCUT2D eigenvalue weighted by atomic mass is 127. The number of para-hydroxylation sites is 2. The minimum Gasteiger partial charge on any atom is -0.292 e. The number of carbonyl (C=O) groups is 2. The Morgan fingerprint density at radius 2 is 0.945 bits per heavy atom. The van der Waals surface area contributed by atoms with Crippen molar-refractivity contribution in [3.05, 3.63) is 224 Å². The first kappa shape index (κ1) is 36.7. The number of nitrogens with zero attached hydrogens (tertiary/aromatic N) is 2.